The van der Waals surface area contributed by atoms with Gasteiger partial charge in [0.15, 0.2) is 0 Å². The number of hydrogen-bond acceptors (Lipinski definition) is 3. The molecule has 4 saturated carbocycles. The van der Waals surface area contributed by atoms with Crippen LogP contribution in [0.3, 0.4) is 0 Å². The van der Waals surface area contributed by atoms with Gasteiger partial charge in [0.25, 0.3) is 0 Å². The topological polar surface area (TPSA) is 50.4 Å². The summed E-state index contributed by atoms with van der Waals surface area (Å²) in [5, 5.41) is 6.39. The highest BCUT2D eigenvalue weighted by Crippen LogP contribution is 2.63. The average molecular weight is 377 g/mol. The van der Waals surface area contributed by atoms with Gasteiger partial charge in [-0.3, -0.25) is 4.79 Å². The Hall–Kier alpha value is -1.26. The quantitative estimate of drug-likeness (QED) is 0.734. The van der Waals surface area contributed by atoms with Crippen LogP contribution in [0.4, 0.5) is 5.69 Å². The molecule has 0 heterocycles. The second kappa shape index (κ2) is 6.72. The summed E-state index contributed by atoms with van der Waals surface area (Å²) in [6.45, 7) is 3.22. The van der Waals surface area contributed by atoms with Gasteiger partial charge in [-0.05, 0) is 80.4 Å². The van der Waals surface area contributed by atoms with E-state index in [-0.39, 0.29) is 10.8 Å². The standard InChI is InChI=1S/C21H29ClN2O2/c1-14-3-4-18(26-2)17(5-14)24-19(25)11-23-13-20-7-15-6-16(8-20)10-21(22,9-15)12-20/h3-5,15-16,23H,6-13H2,1-2H3,(H,24,25)/t15-,16+,20?,21?. The number of amides is 1. The van der Waals surface area contributed by atoms with Crippen molar-refractivity contribution in [1.29, 1.82) is 0 Å². The number of nitrogens with one attached hydrogen (secondary N) is 2. The molecule has 4 aliphatic rings. The lowest BCUT2D eigenvalue weighted by Crippen LogP contribution is -2.56. The highest BCUT2D eigenvalue weighted by atomic mass is 35.5. The molecule has 4 fully saturated rings. The summed E-state index contributed by atoms with van der Waals surface area (Å²) in [7, 11) is 1.62. The molecule has 4 nitrogen and oxygen atoms in total. The third-order valence-corrected chi connectivity index (χ3v) is 6.97. The van der Waals surface area contributed by atoms with E-state index < -0.39 is 0 Å². The first kappa shape index (κ1) is 18.1. The van der Waals surface area contributed by atoms with Crippen LogP contribution in [0.1, 0.15) is 44.1 Å². The maximum atomic E-state index is 12.4. The maximum absolute atomic E-state index is 12.4. The Morgan fingerprint density at radius 3 is 2.65 bits per heavy atom. The molecule has 4 aliphatic carbocycles. The zero-order chi connectivity index (χ0) is 18.4. The first-order valence-corrected chi connectivity index (χ1v) is 10.1. The predicted octanol–water partition coefficient (Wildman–Crippen LogP) is 4.11. The Bertz CT molecular complexity index is 691. The van der Waals surface area contributed by atoms with Crippen molar-refractivity contribution in [3.05, 3.63) is 23.8 Å². The molecule has 0 spiro atoms. The Kier molecular flexibility index (Phi) is 4.68. The monoisotopic (exact) mass is 376 g/mol. The highest BCUT2D eigenvalue weighted by Gasteiger charge is 2.56. The van der Waals surface area contributed by atoms with Crippen LogP contribution in [-0.4, -0.2) is 31.0 Å². The zero-order valence-corrected chi connectivity index (χ0v) is 16.5. The summed E-state index contributed by atoms with van der Waals surface area (Å²) in [5.74, 6) is 2.25. The van der Waals surface area contributed by atoms with Crippen LogP contribution in [0.15, 0.2) is 18.2 Å². The number of carbonyl (C=O) groups excluding carboxylic acids is 1. The number of aryl methyl sites for hydroxylation is 1. The summed E-state index contributed by atoms with van der Waals surface area (Å²) in [6, 6.07) is 5.79. The third-order valence-electron chi connectivity index (χ3n) is 6.53. The molecule has 2 unspecified atom stereocenters. The van der Waals surface area contributed by atoms with Gasteiger partial charge in [-0.2, -0.15) is 0 Å². The fraction of sp³-hybridized carbons (Fsp3) is 0.667. The van der Waals surface area contributed by atoms with Crippen LogP contribution < -0.4 is 15.4 Å². The van der Waals surface area contributed by atoms with Crippen LogP contribution in [0.2, 0.25) is 0 Å². The Morgan fingerprint density at radius 2 is 2.00 bits per heavy atom. The van der Waals surface area contributed by atoms with Gasteiger partial charge in [0.05, 0.1) is 19.3 Å². The minimum absolute atomic E-state index is 0.0285. The van der Waals surface area contributed by atoms with Crippen LogP contribution in [0, 0.1) is 24.2 Å². The van der Waals surface area contributed by atoms with Gasteiger partial charge in [0, 0.05) is 11.4 Å². The van der Waals surface area contributed by atoms with E-state index in [1.807, 2.05) is 25.1 Å². The van der Waals surface area contributed by atoms with Crippen molar-refractivity contribution in [2.24, 2.45) is 17.3 Å². The van der Waals surface area contributed by atoms with Crippen molar-refractivity contribution in [2.45, 2.75) is 50.3 Å². The number of benzene rings is 1. The molecule has 0 aliphatic heterocycles. The van der Waals surface area contributed by atoms with E-state index in [4.69, 9.17) is 16.3 Å². The van der Waals surface area contributed by atoms with Crippen molar-refractivity contribution in [2.75, 3.05) is 25.5 Å². The largest absolute Gasteiger partial charge is 0.495 e. The van der Waals surface area contributed by atoms with E-state index in [2.05, 4.69) is 10.6 Å². The molecular formula is C21H29ClN2O2. The van der Waals surface area contributed by atoms with Crippen LogP contribution in [0.5, 0.6) is 5.75 Å². The lowest BCUT2D eigenvalue weighted by molar-refractivity contribution is -0.115. The number of alkyl halides is 1. The van der Waals surface area contributed by atoms with Crippen molar-refractivity contribution in [1.82, 2.24) is 5.32 Å². The summed E-state index contributed by atoms with van der Waals surface area (Å²) in [5.41, 5.74) is 2.12. The Morgan fingerprint density at radius 1 is 1.27 bits per heavy atom. The molecule has 26 heavy (non-hydrogen) atoms. The van der Waals surface area contributed by atoms with Crippen LogP contribution in [0.25, 0.3) is 0 Å². The first-order chi connectivity index (χ1) is 12.4. The van der Waals surface area contributed by atoms with E-state index in [1.54, 1.807) is 7.11 Å². The molecule has 4 bridgehead atoms. The third kappa shape index (κ3) is 3.59. The number of methoxy groups -OCH3 is 1. The first-order valence-electron chi connectivity index (χ1n) is 9.73. The zero-order valence-electron chi connectivity index (χ0n) is 15.7. The molecule has 0 saturated heterocycles. The van der Waals surface area contributed by atoms with E-state index >= 15 is 0 Å². The molecule has 142 valence electrons. The van der Waals surface area contributed by atoms with E-state index in [9.17, 15) is 4.79 Å². The van der Waals surface area contributed by atoms with Gasteiger partial charge in [0.2, 0.25) is 5.91 Å². The lowest BCUT2D eigenvalue weighted by atomic mass is 9.49. The minimum Gasteiger partial charge on any atom is -0.495 e. The summed E-state index contributed by atoms with van der Waals surface area (Å²) >= 11 is 6.90. The molecule has 1 aromatic rings. The summed E-state index contributed by atoms with van der Waals surface area (Å²) in [6.07, 6.45) is 7.41. The normalized spacial score (nSPS) is 34.7. The summed E-state index contributed by atoms with van der Waals surface area (Å²) < 4.78 is 5.33. The number of ether oxygens (including phenoxy) is 1. The molecule has 5 rings (SSSR count). The van der Waals surface area contributed by atoms with Crippen LogP contribution in [-0.2, 0) is 4.79 Å². The smallest absolute Gasteiger partial charge is 0.238 e. The molecular weight excluding hydrogens is 348 g/mol. The van der Waals surface area contributed by atoms with Gasteiger partial charge < -0.3 is 15.4 Å². The Labute approximate surface area is 161 Å². The van der Waals surface area contributed by atoms with Crippen molar-refractivity contribution in [3.63, 3.8) is 0 Å². The van der Waals surface area contributed by atoms with E-state index in [0.717, 1.165) is 36.1 Å². The van der Waals surface area contributed by atoms with Gasteiger partial charge >= 0.3 is 0 Å². The van der Waals surface area contributed by atoms with Gasteiger partial charge in [-0.25, -0.2) is 0 Å². The van der Waals surface area contributed by atoms with E-state index in [1.165, 1.54) is 32.1 Å². The Balaban J connectivity index is 1.33. The molecule has 1 amide bonds. The van der Waals surface area contributed by atoms with Crippen molar-refractivity contribution in [3.8, 4) is 5.75 Å². The fourth-order valence-electron chi connectivity index (χ4n) is 6.10. The SMILES string of the molecule is COc1ccc(C)cc1NC(=O)CNCC12C[C@@H]3C[C@@H](CC(Cl)(C3)C1)C2. The number of halogens is 1. The van der Waals surface area contributed by atoms with Crippen molar-refractivity contribution >= 4 is 23.2 Å². The molecule has 2 N–H and O–H groups in total. The minimum atomic E-state index is -0.0285. The molecule has 4 atom stereocenters. The van der Waals surface area contributed by atoms with Crippen LogP contribution >= 0.6 is 11.6 Å². The van der Waals surface area contributed by atoms with Gasteiger partial charge in [-0.1, -0.05) is 6.07 Å². The number of rotatable bonds is 6. The van der Waals surface area contributed by atoms with Crippen molar-refractivity contribution < 1.29 is 9.53 Å². The van der Waals surface area contributed by atoms with Gasteiger partial charge in [0.1, 0.15) is 5.75 Å². The molecule has 5 heteroatoms. The van der Waals surface area contributed by atoms with Gasteiger partial charge in [-0.15, -0.1) is 11.6 Å². The average Bonchev–Trinajstić information content (AvgIpc) is 2.52. The highest BCUT2D eigenvalue weighted by molar-refractivity contribution is 6.24. The second-order valence-electron chi connectivity index (χ2n) is 8.97. The number of hydrogen-bond donors (Lipinski definition) is 2. The number of anilines is 1. The molecule has 0 aromatic heterocycles. The number of carbonyl (C=O) groups is 1. The predicted molar refractivity (Wildman–Crippen MR) is 105 cm³/mol. The van der Waals surface area contributed by atoms with E-state index in [0.29, 0.717) is 17.7 Å². The second-order valence-corrected chi connectivity index (χ2v) is 9.77. The lowest BCUT2D eigenvalue weighted by Gasteiger charge is -2.60. The maximum Gasteiger partial charge on any atom is 0.238 e. The molecule has 1 aromatic carbocycles. The fourth-order valence-corrected chi connectivity index (χ4v) is 6.82. The summed E-state index contributed by atoms with van der Waals surface area (Å²) in [4.78, 5) is 12.4. The molecule has 0 radical (unpaired) electrons.